The van der Waals surface area contributed by atoms with Crippen molar-refractivity contribution in [3.05, 3.63) is 35.6 Å². The molecule has 1 aromatic carbocycles. The predicted molar refractivity (Wildman–Crippen MR) is 75.4 cm³/mol. The van der Waals surface area contributed by atoms with Crippen molar-refractivity contribution in [2.75, 3.05) is 39.8 Å². The van der Waals surface area contributed by atoms with Crippen molar-refractivity contribution < 1.29 is 18.7 Å². The van der Waals surface area contributed by atoms with E-state index in [1.807, 2.05) is 4.90 Å². The first-order valence-corrected chi connectivity index (χ1v) is 6.94. The fraction of sp³-hybridized carbons (Fsp3) is 0.467. The molecule has 0 radical (unpaired) electrons. The molecule has 2 rings (SSSR count). The summed E-state index contributed by atoms with van der Waals surface area (Å²) in [6.45, 7) is 2.70. The summed E-state index contributed by atoms with van der Waals surface area (Å²) in [5.41, 5.74) is 0.358. The number of hydrogen-bond acceptors (Lipinski definition) is 4. The molecule has 0 aliphatic carbocycles. The molecule has 1 aromatic rings. The van der Waals surface area contributed by atoms with Gasteiger partial charge in [0.2, 0.25) is 0 Å². The van der Waals surface area contributed by atoms with Crippen LogP contribution in [-0.4, -0.2) is 61.5 Å². The highest BCUT2D eigenvalue weighted by molar-refractivity contribution is 5.94. The number of carbonyl (C=O) groups is 2. The van der Waals surface area contributed by atoms with Crippen molar-refractivity contribution in [1.82, 2.24) is 9.80 Å². The minimum atomic E-state index is -0.414. The smallest absolute Gasteiger partial charge is 0.319 e. The third-order valence-corrected chi connectivity index (χ3v) is 3.53. The van der Waals surface area contributed by atoms with Gasteiger partial charge in [-0.25, -0.2) is 4.39 Å². The van der Waals surface area contributed by atoms with Crippen LogP contribution in [0.2, 0.25) is 0 Å². The number of nitrogens with zero attached hydrogens (tertiary/aromatic N) is 2. The van der Waals surface area contributed by atoms with Gasteiger partial charge in [-0.2, -0.15) is 0 Å². The molecule has 0 N–H and O–H groups in total. The van der Waals surface area contributed by atoms with Crippen molar-refractivity contribution in [2.45, 2.75) is 6.42 Å². The molecule has 1 amide bonds. The second kappa shape index (κ2) is 7.17. The zero-order chi connectivity index (χ0) is 15.2. The van der Waals surface area contributed by atoms with E-state index in [1.165, 1.54) is 25.3 Å². The molecule has 21 heavy (non-hydrogen) atoms. The van der Waals surface area contributed by atoms with Crippen LogP contribution in [0.15, 0.2) is 24.3 Å². The standard InChI is InChI=1S/C15H19FN2O3/c1-21-14(19)11-17-6-3-7-18(9-8-17)15(20)12-4-2-5-13(16)10-12/h2,4-5,10H,3,6-9,11H2,1H3. The van der Waals surface area contributed by atoms with Gasteiger partial charge in [-0.05, 0) is 24.6 Å². The predicted octanol–water partition coefficient (Wildman–Crippen LogP) is 1.15. The number of benzene rings is 1. The molecular formula is C15H19FN2O3. The Morgan fingerprint density at radius 3 is 2.76 bits per heavy atom. The van der Waals surface area contributed by atoms with E-state index in [-0.39, 0.29) is 18.4 Å². The molecular weight excluding hydrogens is 275 g/mol. The first-order valence-electron chi connectivity index (χ1n) is 6.94. The summed E-state index contributed by atoms with van der Waals surface area (Å²) in [6, 6.07) is 5.71. The fourth-order valence-electron chi connectivity index (χ4n) is 2.38. The van der Waals surface area contributed by atoms with Gasteiger partial charge in [0.1, 0.15) is 5.82 Å². The van der Waals surface area contributed by atoms with Gasteiger partial charge in [0.25, 0.3) is 5.91 Å². The number of hydrogen-bond donors (Lipinski definition) is 0. The maximum Gasteiger partial charge on any atom is 0.319 e. The molecule has 6 heteroatoms. The monoisotopic (exact) mass is 294 g/mol. The Hall–Kier alpha value is -1.95. The van der Waals surface area contributed by atoms with E-state index < -0.39 is 5.82 Å². The summed E-state index contributed by atoms with van der Waals surface area (Å²) in [5, 5.41) is 0. The van der Waals surface area contributed by atoms with Crippen LogP contribution in [-0.2, 0) is 9.53 Å². The molecule has 0 unspecified atom stereocenters. The third kappa shape index (κ3) is 4.26. The second-order valence-electron chi connectivity index (χ2n) is 5.01. The summed E-state index contributed by atoms with van der Waals surface area (Å²) in [7, 11) is 1.36. The van der Waals surface area contributed by atoms with Crippen LogP contribution in [0.5, 0.6) is 0 Å². The van der Waals surface area contributed by atoms with Crippen LogP contribution >= 0.6 is 0 Å². The molecule has 0 atom stereocenters. The zero-order valence-corrected chi connectivity index (χ0v) is 12.0. The van der Waals surface area contributed by atoms with Crippen LogP contribution in [0.25, 0.3) is 0 Å². The van der Waals surface area contributed by atoms with Gasteiger partial charge < -0.3 is 9.64 Å². The second-order valence-corrected chi connectivity index (χ2v) is 5.01. The molecule has 0 spiro atoms. The molecule has 1 fully saturated rings. The normalized spacial score (nSPS) is 16.4. The lowest BCUT2D eigenvalue weighted by Gasteiger charge is -2.21. The Balaban J connectivity index is 1.96. The number of carbonyl (C=O) groups excluding carboxylic acids is 2. The van der Waals surface area contributed by atoms with E-state index in [2.05, 4.69) is 4.74 Å². The summed E-state index contributed by atoms with van der Waals surface area (Å²) >= 11 is 0. The Bertz CT molecular complexity index is 521. The molecule has 1 aliphatic rings. The lowest BCUT2D eigenvalue weighted by atomic mass is 10.2. The lowest BCUT2D eigenvalue weighted by molar-refractivity contribution is -0.141. The van der Waals surface area contributed by atoms with Gasteiger partial charge in [0.15, 0.2) is 0 Å². The average molecular weight is 294 g/mol. The minimum absolute atomic E-state index is 0.172. The van der Waals surface area contributed by atoms with Crippen molar-refractivity contribution >= 4 is 11.9 Å². The molecule has 1 aliphatic heterocycles. The van der Waals surface area contributed by atoms with Gasteiger partial charge in [0, 0.05) is 31.7 Å². The quantitative estimate of drug-likeness (QED) is 0.785. The maximum atomic E-state index is 13.2. The van der Waals surface area contributed by atoms with Gasteiger partial charge in [-0.15, -0.1) is 0 Å². The highest BCUT2D eigenvalue weighted by Gasteiger charge is 2.21. The first-order chi connectivity index (χ1) is 10.1. The number of amides is 1. The van der Waals surface area contributed by atoms with Gasteiger partial charge >= 0.3 is 5.97 Å². The summed E-state index contributed by atoms with van der Waals surface area (Å²) in [4.78, 5) is 27.3. The van der Waals surface area contributed by atoms with Crippen LogP contribution in [0.3, 0.4) is 0 Å². The van der Waals surface area contributed by atoms with Crippen LogP contribution in [0.1, 0.15) is 16.8 Å². The van der Waals surface area contributed by atoms with E-state index >= 15 is 0 Å². The van der Waals surface area contributed by atoms with E-state index in [4.69, 9.17) is 0 Å². The maximum absolute atomic E-state index is 13.2. The first kappa shape index (κ1) is 15.4. The molecule has 114 valence electrons. The topological polar surface area (TPSA) is 49.9 Å². The van der Waals surface area contributed by atoms with Crippen molar-refractivity contribution in [3.63, 3.8) is 0 Å². The highest BCUT2D eigenvalue weighted by atomic mass is 19.1. The molecule has 0 saturated carbocycles. The molecule has 5 nitrogen and oxygen atoms in total. The number of rotatable bonds is 3. The number of halogens is 1. The van der Waals surface area contributed by atoms with Gasteiger partial charge in [-0.3, -0.25) is 14.5 Å². The summed E-state index contributed by atoms with van der Waals surface area (Å²) in [6.07, 6.45) is 0.776. The van der Waals surface area contributed by atoms with Crippen LogP contribution < -0.4 is 0 Å². The Morgan fingerprint density at radius 1 is 1.24 bits per heavy atom. The fourth-order valence-corrected chi connectivity index (χ4v) is 2.38. The summed E-state index contributed by atoms with van der Waals surface area (Å²) in [5.74, 6) is -0.864. The minimum Gasteiger partial charge on any atom is -0.468 e. The van der Waals surface area contributed by atoms with Crippen LogP contribution in [0.4, 0.5) is 4.39 Å². The highest BCUT2D eigenvalue weighted by Crippen LogP contribution is 2.10. The Labute approximate surface area is 123 Å². The SMILES string of the molecule is COC(=O)CN1CCCN(C(=O)c2cccc(F)c2)CC1. The zero-order valence-electron chi connectivity index (χ0n) is 12.0. The number of esters is 1. The molecule has 0 aromatic heterocycles. The Morgan fingerprint density at radius 2 is 2.05 bits per heavy atom. The number of methoxy groups -OCH3 is 1. The van der Waals surface area contributed by atoms with Gasteiger partial charge in [-0.1, -0.05) is 6.07 Å². The number of ether oxygens (including phenoxy) is 1. The third-order valence-electron chi connectivity index (χ3n) is 3.53. The molecule has 1 heterocycles. The molecule has 1 saturated heterocycles. The van der Waals surface area contributed by atoms with E-state index in [9.17, 15) is 14.0 Å². The van der Waals surface area contributed by atoms with Crippen LogP contribution in [0, 0.1) is 5.82 Å². The van der Waals surface area contributed by atoms with E-state index in [0.717, 1.165) is 13.0 Å². The van der Waals surface area contributed by atoms with Crippen molar-refractivity contribution in [2.24, 2.45) is 0 Å². The summed E-state index contributed by atoms with van der Waals surface area (Å²) < 4.78 is 17.8. The Kier molecular flexibility index (Phi) is 5.27. The van der Waals surface area contributed by atoms with E-state index in [0.29, 0.717) is 25.2 Å². The molecule has 0 bridgehead atoms. The lowest BCUT2D eigenvalue weighted by Crippen LogP contribution is -2.37. The average Bonchev–Trinajstić information content (AvgIpc) is 2.72. The van der Waals surface area contributed by atoms with Crippen molar-refractivity contribution in [1.29, 1.82) is 0 Å². The largest absolute Gasteiger partial charge is 0.468 e. The van der Waals surface area contributed by atoms with Crippen molar-refractivity contribution in [3.8, 4) is 0 Å². The van der Waals surface area contributed by atoms with Gasteiger partial charge in [0.05, 0.1) is 13.7 Å². The van der Waals surface area contributed by atoms with E-state index in [1.54, 1.807) is 11.0 Å².